The zero-order valence-corrected chi connectivity index (χ0v) is 17.8. The van der Waals surface area contributed by atoms with Gasteiger partial charge in [0, 0.05) is 17.8 Å². The van der Waals surface area contributed by atoms with Crippen LogP contribution in [-0.2, 0) is 6.42 Å². The SMILES string of the molecule is CN[C@@H]1CCCc2c(-c3cnc(-c4ccc(OC(C)C)c(C#N)c4)s3)cccc21. The Morgan fingerprint density at radius 2 is 2.14 bits per heavy atom. The van der Waals surface area contributed by atoms with Crippen molar-refractivity contribution < 1.29 is 4.74 Å². The molecule has 0 spiro atoms. The third-order valence-corrected chi connectivity index (χ3v) is 6.42. The van der Waals surface area contributed by atoms with Crippen LogP contribution in [-0.4, -0.2) is 18.1 Å². The fourth-order valence-corrected chi connectivity index (χ4v) is 4.98. The Morgan fingerprint density at radius 1 is 1.28 bits per heavy atom. The van der Waals surface area contributed by atoms with Gasteiger partial charge in [-0.3, -0.25) is 0 Å². The Bertz CT molecular complexity index is 1060. The second-order valence-corrected chi connectivity index (χ2v) is 8.66. The first kappa shape index (κ1) is 19.6. The summed E-state index contributed by atoms with van der Waals surface area (Å²) in [4.78, 5) is 5.85. The number of hydrogen-bond donors (Lipinski definition) is 1. The normalized spacial score (nSPS) is 15.8. The van der Waals surface area contributed by atoms with Crippen molar-refractivity contribution in [1.82, 2.24) is 10.3 Å². The predicted octanol–water partition coefficient (Wildman–Crippen LogP) is 5.73. The van der Waals surface area contributed by atoms with Gasteiger partial charge in [-0.15, -0.1) is 11.3 Å². The van der Waals surface area contributed by atoms with Crippen LogP contribution in [0.2, 0.25) is 0 Å². The number of hydrogen-bond acceptors (Lipinski definition) is 5. The molecule has 5 heteroatoms. The molecule has 0 unspecified atom stereocenters. The minimum Gasteiger partial charge on any atom is -0.490 e. The van der Waals surface area contributed by atoms with Crippen molar-refractivity contribution in [3.63, 3.8) is 0 Å². The lowest BCUT2D eigenvalue weighted by atomic mass is 9.84. The van der Waals surface area contributed by atoms with Gasteiger partial charge in [0.15, 0.2) is 0 Å². The largest absolute Gasteiger partial charge is 0.490 e. The Morgan fingerprint density at radius 3 is 2.90 bits per heavy atom. The number of ether oxygens (including phenoxy) is 1. The van der Waals surface area contributed by atoms with Gasteiger partial charge in [0.1, 0.15) is 16.8 Å². The van der Waals surface area contributed by atoms with Crippen LogP contribution in [0.5, 0.6) is 5.75 Å². The van der Waals surface area contributed by atoms with Crippen molar-refractivity contribution >= 4 is 11.3 Å². The van der Waals surface area contributed by atoms with Crippen molar-refractivity contribution in [2.45, 2.75) is 45.3 Å². The first-order chi connectivity index (χ1) is 14.1. The highest BCUT2D eigenvalue weighted by atomic mass is 32.1. The van der Waals surface area contributed by atoms with Crippen molar-refractivity contribution in [2.24, 2.45) is 0 Å². The number of benzene rings is 2. The molecular formula is C24H25N3OS. The zero-order valence-electron chi connectivity index (χ0n) is 17.0. The molecule has 4 nitrogen and oxygen atoms in total. The van der Waals surface area contributed by atoms with E-state index < -0.39 is 0 Å². The van der Waals surface area contributed by atoms with Gasteiger partial charge in [-0.1, -0.05) is 18.2 Å². The van der Waals surface area contributed by atoms with Crippen LogP contribution in [0.25, 0.3) is 21.0 Å². The number of thiazole rings is 1. The summed E-state index contributed by atoms with van der Waals surface area (Å²) < 4.78 is 5.74. The average Bonchev–Trinajstić information content (AvgIpc) is 3.22. The summed E-state index contributed by atoms with van der Waals surface area (Å²) in [6, 6.07) is 15.0. The maximum Gasteiger partial charge on any atom is 0.137 e. The quantitative estimate of drug-likeness (QED) is 0.591. The number of nitriles is 1. The number of aromatic nitrogens is 1. The van der Waals surface area contributed by atoms with Crippen molar-refractivity contribution in [2.75, 3.05) is 7.05 Å². The number of fused-ring (bicyclic) bond motifs is 1. The summed E-state index contributed by atoms with van der Waals surface area (Å²) in [6.45, 7) is 3.92. The monoisotopic (exact) mass is 403 g/mol. The predicted molar refractivity (Wildman–Crippen MR) is 118 cm³/mol. The molecule has 0 radical (unpaired) electrons. The maximum absolute atomic E-state index is 9.51. The summed E-state index contributed by atoms with van der Waals surface area (Å²) in [5.74, 6) is 0.623. The van der Waals surface area contributed by atoms with Gasteiger partial charge in [-0.2, -0.15) is 5.26 Å². The molecule has 1 atom stereocenters. The Kier molecular flexibility index (Phi) is 5.66. The van der Waals surface area contributed by atoms with Gasteiger partial charge in [0.25, 0.3) is 0 Å². The van der Waals surface area contributed by atoms with Crippen LogP contribution in [0.15, 0.2) is 42.6 Å². The lowest BCUT2D eigenvalue weighted by Gasteiger charge is -2.26. The summed E-state index contributed by atoms with van der Waals surface area (Å²) >= 11 is 1.68. The van der Waals surface area contributed by atoms with E-state index in [0.717, 1.165) is 17.0 Å². The van der Waals surface area contributed by atoms with Crippen LogP contribution in [0.4, 0.5) is 0 Å². The summed E-state index contributed by atoms with van der Waals surface area (Å²) in [5.41, 5.74) is 5.63. The Balaban J connectivity index is 1.69. The van der Waals surface area contributed by atoms with E-state index in [1.54, 1.807) is 11.3 Å². The van der Waals surface area contributed by atoms with Gasteiger partial charge < -0.3 is 10.1 Å². The zero-order chi connectivity index (χ0) is 20.4. The molecule has 1 aromatic heterocycles. The Hall–Kier alpha value is -2.68. The van der Waals surface area contributed by atoms with Crippen LogP contribution in [0.3, 0.4) is 0 Å². The first-order valence-corrected chi connectivity index (χ1v) is 10.9. The number of rotatable bonds is 5. The second kappa shape index (κ2) is 8.36. The summed E-state index contributed by atoms with van der Waals surface area (Å²) in [6.07, 6.45) is 5.48. The molecule has 29 heavy (non-hydrogen) atoms. The second-order valence-electron chi connectivity index (χ2n) is 7.63. The van der Waals surface area contributed by atoms with E-state index in [-0.39, 0.29) is 6.10 Å². The molecular weight excluding hydrogens is 378 g/mol. The van der Waals surface area contributed by atoms with E-state index >= 15 is 0 Å². The lowest BCUT2D eigenvalue weighted by molar-refractivity contribution is 0.242. The number of nitrogens with one attached hydrogen (secondary N) is 1. The fourth-order valence-electron chi connectivity index (χ4n) is 4.02. The molecule has 1 heterocycles. The molecule has 0 amide bonds. The molecule has 4 rings (SSSR count). The van der Waals surface area contributed by atoms with Crippen LogP contribution in [0.1, 0.15) is 49.4 Å². The van der Waals surface area contributed by atoms with Crippen LogP contribution in [0, 0.1) is 11.3 Å². The fraction of sp³-hybridized carbons (Fsp3) is 0.333. The van der Waals surface area contributed by atoms with E-state index in [2.05, 4.69) is 34.6 Å². The number of nitrogens with zero attached hydrogens (tertiary/aromatic N) is 2. The van der Waals surface area contributed by atoms with Gasteiger partial charge in [0.05, 0.1) is 16.5 Å². The van der Waals surface area contributed by atoms with Crippen molar-refractivity contribution in [3.05, 3.63) is 59.3 Å². The highest BCUT2D eigenvalue weighted by molar-refractivity contribution is 7.18. The van der Waals surface area contributed by atoms with Gasteiger partial charge in [-0.05, 0) is 75.0 Å². The summed E-state index contributed by atoms with van der Waals surface area (Å²) in [7, 11) is 2.04. The third kappa shape index (κ3) is 3.91. The van der Waals surface area contributed by atoms with Crippen LogP contribution < -0.4 is 10.1 Å². The summed E-state index contributed by atoms with van der Waals surface area (Å²) in [5, 5.41) is 13.9. The van der Waals surface area contributed by atoms with Crippen LogP contribution >= 0.6 is 11.3 Å². The first-order valence-electron chi connectivity index (χ1n) is 10.1. The van der Waals surface area contributed by atoms with E-state index in [0.29, 0.717) is 17.4 Å². The van der Waals surface area contributed by atoms with E-state index in [9.17, 15) is 5.26 Å². The van der Waals surface area contributed by atoms with Crippen molar-refractivity contribution in [3.8, 4) is 32.8 Å². The highest BCUT2D eigenvalue weighted by Gasteiger charge is 2.22. The minimum atomic E-state index is 0.0325. The molecule has 0 aliphatic heterocycles. The van der Waals surface area contributed by atoms with Gasteiger partial charge in [0.2, 0.25) is 0 Å². The molecule has 0 saturated heterocycles. The maximum atomic E-state index is 9.51. The molecule has 1 aliphatic carbocycles. The molecule has 148 valence electrons. The Labute approximate surface area is 176 Å². The molecule has 2 aromatic carbocycles. The van der Waals surface area contributed by atoms with E-state index in [1.807, 2.05) is 45.3 Å². The van der Waals surface area contributed by atoms with Gasteiger partial charge >= 0.3 is 0 Å². The lowest BCUT2D eigenvalue weighted by Crippen LogP contribution is -2.21. The molecule has 0 fully saturated rings. The molecule has 1 aliphatic rings. The van der Waals surface area contributed by atoms with Crippen molar-refractivity contribution in [1.29, 1.82) is 5.26 Å². The van der Waals surface area contributed by atoms with Gasteiger partial charge in [-0.25, -0.2) is 4.98 Å². The average molecular weight is 404 g/mol. The van der Waals surface area contributed by atoms with E-state index in [4.69, 9.17) is 4.74 Å². The molecule has 0 bridgehead atoms. The van der Waals surface area contributed by atoms with E-state index in [1.165, 1.54) is 34.4 Å². The smallest absolute Gasteiger partial charge is 0.137 e. The molecule has 1 N–H and O–H groups in total. The third-order valence-electron chi connectivity index (χ3n) is 5.34. The molecule has 3 aromatic rings. The standard InChI is InChI=1S/C24H25N3OS/c1-15(2)28-22-11-10-16(12-17(22)13-25)24-27-14-23(29-24)20-8-4-7-19-18(20)6-5-9-21(19)26-3/h4,7-8,10-12,14-15,21,26H,5-6,9H2,1-3H3/t21-/m1/s1. The minimum absolute atomic E-state index is 0.0325. The topological polar surface area (TPSA) is 57.9 Å². The molecule has 0 saturated carbocycles. The highest BCUT2D eigenvalue weighted by Crippen LogP contribution is 2.40.